The highest BCUT2D eigenvalue weighted by atomic mass is 16.2. The molecule has 0 saturated carbocycles. The van der Waals surface area contributed by atoms with Gasteiger partial charge in [0.05, 0.1) is 0 Å². The van der Waals surface area contributed by atoms with Gasteiger partial charge in [0.25, 0.3) is 11.8 Å². The lowest BCUT2D eigenvalue weighted by atomic mass is 10.1. The molecule has 2 N–H and O–H groups in total. The predicted molar refractivity (Wildman–Crippen MR) is 109 cm³/mol. The Bertz CT molecular complexity index is 955. The maximum atomic E-state index is 12.4. The highest BCUT2D eigenvalue weighted by molar-refractivity contribution is 5.96. The summed E-state index contributed by atoms with van der Waals surface area (Å²) in [6.45, 7) is 2.93. The van der Waals surface area contributed by atoms with E-state index in [2.05, 4.69) is 15.6 Å². The third-order valence-electron chi connectivity index (χ3n) is 4.46. The Balaban J connectivity index is 1.55. The molecule has 0 unspecified atom stereocenters. The summed E-state index contributed by atoms with van der Waals surface area (Å²) in [6, 6.07) is 22.7. The number of nitrogens with zero attached hydrogens (tertiary/aromatic N) is 1. The van der Waals surface area contributed by atoms with Crippen LogP contribution in [0.3, 0.4) is 0 Å². The van der Waals surface area contributed by atoms with Crippen LogP contribution in [0.25, 0.3) is 0 Å². The van der Waals surface area contributed by atoms with E-state index in [0.29, 0.717) is 13.1 Å². The Morgan fingerprint density at radius 3 is 2.14 bits per heavy atom. The fourth-order valence-electron chi connectivity index (χ4n) is 2.82. The summed E-state index contributed by atoms with van der Waals surface area (Å²) in [5.74, 6) is -0.591. The molecule has 5 heteroatoms. The largest absolute Gasteiger partial charge is 0.350 e. The summed E-state index contributed by atoms with van der Waals surface area (Å²) in [5, 5.41) is 5.70. The van der Waals surface area contributed by atoms with Crippen LogP contribution < -0.4 is 10.6 Å². The van der Waals surface area contributed by atoms with Gasteiger partial charge in [0.15, 0.2) is 0 Å². The van der Waals surface area contributed by atoms with Gasteiger partial charge in [-0.25, -0.2) is 4.98 Å². The number of aromatic nitrogens is 1. The zero-order valence-corrected chi connectivity index (χ0v) is 15.8. The minimum absolute atomic E-state index is 0.226. The van der Waals surface area contributed by atoms with E-state index in [1.165, 1.54) is 0 Å². The van der Waals surface area contributed by atoms with Gasteiger partial charge < -0.3 is 10.6 Å². The maximum absolute atomic E-state index is 12.4. The molecule has 0 saturated heterocycles. The van der Waals surface area contributed by atoms with E-state index >= 15 is 0 Å². The number of carbonyl (C=O) groups excluding carboxylic acids is 2. The zero-order chi connectivity index (χ0) is 19.8. The fraction of sp³-hybridized carbons (Fsp3) is 0.174. The number of rotatable bonds is 7. The fourth-order valence-corrected chi connectivity index (χ4v) is 2.82. The SMILES string of the molecule is Cc1ccccc1CNC(=O)c1cccc(C(=O)NCCc2ccccc2)n1. The Morgan fingerprint density at radius 2 is 1.43 bits per heavy atom. The monoisotopic (exact) mass is 373 g/mol. The number of hydrogen-bond acceptors (Lipinski definition) is 3. The van der Waals surface area contributed by atoms with Crippen molar-refractivity contribution in [1.82, 2.24) is 15.6 Å². The molecule has 142 valence electrons. The van der Waals surface area contributed by atoms with Gasteiger partial charge in [-0.05, 0) is 42.2 Å². The number of carbonyl (C=O) groups is 2. The van der Waals surface area contributed by atoms with Gasteiger partial charge in [-0.15, -0.1) is 0 Å². The summed E-state index contributed by atoms with van der Waals surface area (Å²) in [5.41, 5.74) is 3.77. The molecule has 0 bridgehead atoms. The second kappa shape index (κ2) is 9.46. The Hall–Kier alpha value is -3.47. The van der Waals surface area contributed by atoms with Crippen LogP contribution in [0.15, 0.2) is 72.8 Å². The molecule has 0 spiro atoms. The van der Waals surface area contributed by atoms with Crippen LogP contribution in [-0.2, 0) is 13.0 Å². The van der Waals surface area contributed by atoms with Crippen molar-refractivity contribution in [3.05, 3.63) is 101 Å². The van der Waals surface area contributed by atoms with Crippen molar-refractivity contribution in [2.24, 2.45) is 0 Å². The van der Waals surface area contributed by atoms with E-state index < -0.39 is 0 Å². The number of benzene rings is 2. The van der Waals surface area contributed by atoms with Crippen molar-refractivity contribution in [2.75, 3.05) is 6.54 Å². The minimum atomic E-state index is -0.304. The molecule has 1 heterocycles. The Kier molecular flexibility index (Phi) is 6.52. The van der Waals surface area contributed by atoms with E-state index in [1.807, 2.05) is 61.5 Å². The first-order valence-corrected chi connectivity index (χ1v) is 9.25. The summed E-state index contributed by atoms with van der Waals surface area (Å²) < 4.78 is 0. The van der Waals surface area contributed by atoms with Crippen LogP contribution >= 0.6 is 0 Å². The lowest BCUT2D eigenvalue weighted by Crippen LogP contribution is -2.28. The van der Waals surface area contributed by atoms with Crippen LogP contribution in [0.2, 0.25) is 0 Å². The van der Waals surface area contributed by atoms with Crippen molar-refractivity contribution in [3.63, 3.8) is 0 Å². The number of hydrogen-bond donors (Lipinski definition) is 2. The average Bonchev–Trinajstić information content (AvgIpc) is 2.74. The summed E-state index contributed by atoms with van der Waals surface area (Å²) in [6.07, 6.45) is 0.739. The molecular formula is C23H23N3O2. The second-order valence-corrected chi connectivity index (χ2v) is 6.51. The maximum Gasteiger partial charge on any atom is 0.270 e. The molecule has 3 aromatic rings. The molecule has 1 aromatic heterocycles. The summed E-state index contributed by atoms with van der Waals surface area (Å²) >= 11 is 0. The molecular weight excluding hydrogens is 350 g/mol. The molecule has 2 amide bonds. The van der Waals surface area contributed by atoms with Crippen molar-refractivity contribution >= 4 is 11.8 Å². The molecule has 0 aliphatic rings. The molecule has 0 atom stereocenters. The predicted octanol–water partition coefficient (Wildman–Crippen LogP) is 3.29. The third-order valence-corrected chi connectivity index (χ3v) is 4.46. The first-order chi connectivity index (χ1) is 13.6. The zero-order valence-electron chi connectivity index (χ0n) is 15.8. The lowest BCUT2D eigenvalue weighted by Gasteiger charge is -2.09. The van der Waals surface area contributed by atoms with Crippen LogP contribution in [-0.4, -0.2) is 23.3 Å². The Morgan fingerprint density at radius 1 is 0.786 bits per heavy atom. The van der Waals surface area contributed by atoms with Gasteiger partial charge in [-0.2, -0.15) is 0 Å². The van der Waals surface area contributed by atoms with Gasteiger partial charge >= 0.3 is 0 Å². The standard InChI is InChI=1S/C23H23N3O2/c1-17-8-5-6-11-19(17)16-25-23(28)21-13-7-12-20(26-21)22(27)24-15-14-18-9-3-2-4-10-18/h2-13H,14-16H2,1H3,(H,24,27)(H,25,28). The number of pyridine rings is 1. The number of nitrogens with one attached hydrogen (secondary N) is 2. The van der Waals surface area contributed by atoms with Crippen LogP contribution in [0.1, 0.15) is 37.7 Å². The topological polar surface area (TPSA) is 71.1 Å². The first kappa shape index (κ1) is 19.3. The van der Waals surface area contributed by atoms with E-state index in [-0.39, 0.29) is 23.2 Å². The smallest absolute Gasteiger partial charge is 0.270 e. The van der Waals surface area contributed by atoms with Crippen LogP contribution in [0.4, 0.5) is 0 Å². The van der Waals surface area contributed by atoms with E-state index in [1.54, 1.807) is 18.2 Å². The molecule has 2 aromatic carbocycles. The molecule has 5 nitrogen and oxygen atoms in total. The minimum Gasteiger partial charge on any atom is -0.350 e. The van der Waals surface area contributed by atoms with E-state index in [0.717, 1.165) is 23.1 Å². The van der Waals surface area contributed by atoms with Gasteiger partial charge in [0, 0.05) is 13.1 Å². The molecule has 0 radical (unpaired) electrons. The quantitative estimate of drug-likeness (QED) is 0.668. The number of amides is 2. The molecule has 0 aliphatic heterocycles. The van der Waals surface area contributed by atoms with E-state index in [4.69, 9.17) is 0 Å². The van der Waals surface area contributed by atoms with Crippen LogP contribution in [0, 0.1) is 6.92 Å². The second-order valence-electron chi connectivity index (χ2n) is 6.51. The van der Waals surface area contributed by atoms with Crippen molar-refractivity contribution in [3.8, 4) is 0 Å². The highest BCUT2D eigenvalue weighted by Gasteiger charge is 2.12. The highest BCUT2D eigenvalue weighted by Crippen LogP contribution is 2.07. The summed E-state index contributed by atoms with van der Waals surface area (Å²) in [7, 11) is 0. The Labute approximate surface area is 164 Å². The average molecular weight is 373 g/mol. The third kappa shape index (κ3) is 5.27. The van der Waals surface area contributed by atoms with Crippen LogP contribution in [0.5, 0.6) is 0 Å². The molecule has 0 aliphatic carbocycles. The number of aryl methyl sites for hydroxylation is 1. The molecule has 28 heavy (non-hydrogen) atoms. The van der Waals surface area contributed by atoms with Crippen molar-refractivity contribution in [2.45, 2.75) is 19.9 Å². The van der Waals surface area contributed by atoms with Gasteiger partial charge in [-0.1, -0.05) is 60.7 Å². The van der Waals surface area contributed by atoms with E-state index in [9.17, 15) is 9.59 Å². The van der Waals surface area contributed by atoms with Crippen molar-refractivity contribution in [1.29, 1.82) is 0 Å². The lowest BCUT2D eigenvalue weighted by molar-refractivity contribution is 0.0943. The summed E-state index contributed by atoms with van der Waals surface area (Å²) in [4.78, 5) is 28.9. The van der Waals surface area contributed by atoms with Gasteiger partial charge in [0.2, 0.25) is 0 Å². The first-order valence-electron chi connectivity index (χ1n) is 9.25. The van der Waals surface area contributed by atoms with Gasteiger partial charge in [0.1, 0.15) is 11.4 Å². The molecule has 0 fully saturated rings. The molecule has 3 rings (SSSR count). The van der Waals surface area contributed by atoms with Crippen molar-refractivity contribution < 1.29 is 9.59 Å². The normalized spacial score (nSPS) is 10.3. The van der Waals surface area contributed by atoms with Gasteiger partial charge in [-0.3, -0.25) is 9.59 Å².